The molecule has 2 heterocycles. The fourth-order valence-corrected chi connectivity index (χ4v) is 3.42. The van der Waals surface area contributed by atoms with Gasteiger partial charge in [-0.2, -0.15) is 5.10 Å². The topological polar surface area (TPSA) is 125 Å². The number of hydrogen-bond acceptors (Lipinski definition) is 8. The third-order valence-electron chi connectivity index (χ3n) is 4.32. The molecule has 0 aliphatic rings. The summed E-state index contributed by atoms with van der Waals surface area (Å²) in [5, 5.41) is 18.5. The van der Waals surface area contributed by atoms with Gasteiger partial charge in [0.05, 0.1) is 35.7 Å². The lowest BCUT2D eigenvalue weighted by molar-refractivity contribution is -0.384. The summed E-state index contributed by atoms with van der Waals surface area (Å²) in [5.41, 5.74) is 2.48. The monoisotopic (exact) mass is 428 g/mol. The summed E-state index contributed by atoms with van der Waals surface area (Å²) in [6, 6.07) is 6.02. The number of anilines is 1. The zero-order chi connectivity index (χ0) is 21.7. The molecule has 10 nitrogen and oxygen atoms in total. The van der Waals surface area contributed by atoms with E-state index in [1.807, 2.05) is 18.5 Å². The number of nitrogens with zero attached hydrogens (tertiary/aromatic N) is 5. The molecular weight excluding hydrogens is 408 g/mol. The number of rotatable bonds is 8. The van der Waals surface area contributed by atoms with E-state index in [2.05, 4.69) is 20.4 Å². The van der Waals surface area contributed by atoms with Gasteiger partial charge in [0.25, 0.3) is 5.69 Å². The van der Waals surface area contributed by atoms with E-state index < -0.39 is 10.8 Å². The molecule has 0 saturated carbocycles. The van der Waals surface area contributed by atoms with Crippen LogP contribution in [0.1, 0.15) is 12.6 Å². The van der Waals surface area contributed by atoms with Gasteiger partial charge >= 0.3 is 0 Å². The summed E-state index contributed by atoms with van der Waals surface area (Å²) in [4.78, 5) is 31.7. The van der Waals surface area contributed by atoms with Crippen molar-refractivity contribution in [1.82, 2.24) is 19.7 Å². The lowest BCUT2D eigenvalue weighted by Crippen LogP contribution is -2.15. The standard InChI is InChI=1S/C19H20N6O4S/c1-4-24-12(2)14(10-21-24)15-7-8-20-19(23-15)30-11-18(26)22-16-6-5-13(29-3)9-17(16)25(27)28/h5-10H,4,11H2,1-3H3,(H,22,26). The van der Waals surface area contributed by atoms with Crippen molar-refractivity contribution in [3.05, 3.63) is 52.5 Å². The highest BCUT2D eigenvalue weighted by Gasteiger charge is 2.18. The Hall–Kier alpha value is -3.47. The first-order valence-corrected chi connectivity index (χ1v) is 10.0. The molecule has 0 saturated heterocycles. The van der Waals surface area contributed by atoms with Gasteiger partial charge in [0.1, 0.15) is 11.4 Å². The third kappa shape index (κ3) is 4.74. The molecule has 156 valence electrons. The zero-order valence-corrected chi connectivity index (χ0v) is 17.5. The zero-order valence-electron chi connectivity index (χ0n) is 16.7. The second-order valence-corrected chi connectivity index (χ2v) is 7.10. The first kappa shape index (κ1) is 21.2. The molecule has 0 radical (unpaired) electrons. The van der Waals surface area contributed by atoms with Crippen molar-refractivity contribution in [2.24, 2.45) is 0 Å². The number of ether oxygens (including phenoxy) is 1. The number of aryl methyl sites for hydroxylation is 1. The summed E-state index contributed by atoms with van der Waals surface area (Å²) in [6.07, 6.45) is 3.38. The molecular formula is C19H20N6O4S. The van der Waals surface area contributed by atoms with Crippen molar-refractivity contribution >= 4 is 29.0 Å². The van der Waals surface area contributed by atoms with Crippen LogP contribution < -0.4 is 10.1 Å². The van der Waals surface area contributed by atoms with Gasteiger partial charge in [-0.3, -0.25) is 19.6 Å². The van der Waals surface area contributed by atoms with E-state index in [0.29, 0.717) is 10.9 Å². The second-order valence-electron chi connectivity index (χ2n) is 6.16. The SMILES string of the molecule is CCn1ncc(-c2ccnc(SCC(=O)Nc3ccc(OC)cc3[N+](=O)[O-])n2)c1C. The van der Waals surface area contributed by atoms with Crippen molar-refractivity contribution in [1.29, 1.82) is 0 Å². The smallest absolute Gasteiger partial charge is 0.296 e. The van der Waals surface area contributed by atoms with E-state index in [0.717, 1.165) is 35.3 Å². The largest absolute Gasteiger partial charge is 0.496 e. The maximum absolute atomic E-state index is 12.3. The van der Waals surface area contributed by atoms with E-state index in [1.165, 1.54) is 19.2 Å². The number of nitro benzene ring substituents is 1. The summed E-state index contributed by atoms with van der Waals surface area (Å²) in [6.45, 7) is 4.74. The summed E-state index contributed by atoms with van der Waals surface area (Å²) < 4.78 is 6.87. The van der Waals surface area contributed by atoms with Crippen LogP contribution in [-0.4, -0.2) is 43.4 Å². The number of hydrogen-bond donors (Lipinski definition) is 1. The number of benzene rings is 1. The van der Waals surface area contributed by atoms with E-state index in [4.69, 9.17) is 4.74 Å². The van der Waals surface area contributed by atoms with Crippen molar-refractivity contribution in [3.8, 4) is 17.0 Å². The molecule has 0 aliphatic carbocycles. The molecule has 0 aliphatic heterocycles. The Kier molecular flexibility index (Phi) is 6.62. The van der Waals surface area contributed by atoms with E-state index in [1.54, 1.807) is 24.5 Å². The maximum atomic E-state index is 12.3. The predicted octanol–water partition coefficient (Wildman–Crippen LogP) is 3.32. The number of carbonyl (C=O) groups excluding carboxylic acids is 1. The molecule has 0 spiro atoms. The van der Waals surface area contributed by atoms with Crippen molar-refractivity contribution < 1.29 is 14.5 Å². The van der Waals surface area contributed by atoms with Crippen LogP contribution in [0.2, 0.25) is 0 Å². The number of methoxy groups -OCH3 is 1. The van der Waals surface area contributed by atoms with Crippen LogP contribution in [0.3, 0.4) is 0 Å². The van der Waals surface area contributed by atoms with E-state index in [9.17, 15) is 14.9 Å². The van der Waals surface area contributed by atoms with Gasteiger partial charge in [-0.15, -0.1) is 0 Å². The Labute approximate surface area is 176 Å². The van der Waals surface area contributed by atoms with Crippen molar-refractivity contribution in [2.75, 3.05) is 18.2 Å². The fraction of sp³-hybridized carbons (Fsp3) is 0.263. The van der Waals surface area contributed by atoms with Crippen LogP contribution in [0.5, 0.6) is 5.75 Å². The average molecular weight is 428 g/mol. The normalized spacial score (nSPS) is 10.6. The highest BCUT2D eigenvalue weighted by Crippen LogP contribution is 2.29. The molecule has 1 aromatic carbocycles. The average Bonchev–Trinajstić information content (AvgIpc) is 3.13. The van der Waals surface area contributed by atoms with Gasteiger partial charge in [-0.05, 0) is 32.0 Å². The van der Waals surface area contributed by atoms with Gasteiger partial charge in [-0.25, -0.2) is 9.97 Å². The van der Waals surface area contributed by atoms with Gasteiger partial charge in [0.15, 0.2) is 5.16 Å². The summed E-state index contributed by atoms with van der Waals surface area (Å²) >= 11 is 1.14. The molecule has 2 aromatic heterocycles. The third-order valence-corrected chi connectivity index (χ3v) is 5.18. The van der Waals surface area contributed by atoms with Gasteiger partial charge in [0.2, 0.25) is 5.91 Å². The Bertz CT molecular complexity index is 1080. The van der Waals surface area contributed by atoms with Crippen molar-refractivity contribution in [2.45, 2.75) is 25.5 Å². The summed E-state index contributed by atoms with van der Waals surface area (Å²) in [5.74, 6) is -0.0712. The fourth-order valence-electron chi connectivity index (χ4n) is 2.79. The number of aromatic nitrogens is 4. The molecule has 0 atom stereocenters. The van der Waals surface area contributed by atoms with Crippen LogP contribution in [0, 0.1) is 17.0 Å². The molecule has 3 aromatic rings. The molecule has 30 heavy (non-hydrogen) atoms. The van der Waals surface area contributed by atoms with Crippen LogP contribution in [0.15, 0.2) is 41.8 Å². The Morgan fingerprint density at radius 3 is 2.83 bits per heavy atom. The Balaban J connectivity index is 1.68. The summed E-state index contributed by atoms with van der Waals surface area (Å²) in [7, 11) is 1.41. The van der Waals surface area contributed by atoms with Crippen molar-refractivity contribution in [3.63, 3.8) is 0 Å². The molecule has 11 heteroatoms. The van der Waals surface area contributed by atoms with Gasteiger partial charge in [0, 0.05) is 24.0 Å². The molecule has 0 bridgehead atoms. The molecule has 1 N–H and O–H groups in total. The lowest BCUT2D eigenvalue weighted by Gasteiger charge is -2.07. The second kappa shape index (κ2) is 9.35. The first-order valence-electron chi connectivity index (χ1n) is 9.03. The quantitative estimate of drug-likeness (QED) is 0.251. The number of amides is 1. The highest BCUT2D eigenvalue weighted by molar-refractivity contribution is 7.99. The maximum Gasteiger partial charge on any atom is 0.296 e. The Morgan fingerprint density at radius 1 is 1.37 bits per heavy atom. The first-order chi connectivity index (χ1) is 14.4. The minimum absolute atomic E-state index is 0.000158. The van der Waals surface area contributed by atoms with Crippen LogP contribution in [-0.2, 0) is 11.3 Å². The van der Waals surface area contributed by atoms with Crippen LogP contribution >= 0.6 is 11.8 Å². The van der Waals surface area contributed by atoms with Gasteiger partial charge in [-0.1, -0.05) is 11.8 Å². The number of nitrogens with one attached hydrogen (secondary N) is 1. The lowest BCUT2D eigenvalue weighted by atomic mass is 10.2. The molecule has 0 unspecified atom stereocenters. The Morgan fingerprint density at radius 2 is 2.17 bits per heavy atom. The van der Waals surface area contributed by atoms with Gasteiger partial charge < -0.3 is 10.1 Å². The number of nitro groups is 1. The van der Waals surface area contributed by atoms with Crippen LogP contribution in [0.4, 0.5) is 11.4 Å². The molecule has 1 amide bonds. The number of carbonyl (C=O) groups is 1. The van der Waals surface area contributed by atoms with E-state index >= 15 is 0 Å². The van der Waals surface area contributed by atoms with E-state index in [-0.39, 0.29) is 17.1 Å². The highest BCUT2D eigenvalue weighted by atomic mass is 32.2. The molecule has 0 fully saturated rings. The molecule has 3 rings (SSSR count). The van der Waals surface area contributed by atoms with Crippen LogP contribution in [0.25, 0.3) is 11.3 Å². The minimum atomic E-state index is -0.573. The minimum Gasteiger partial charge on any atom is -0.496 e. The number of thioether (sulfide) groups is 1. The predicted molar refractivity (Wildman–Crippen MR) is 113 cm³/mol.